The van der Waals surface area contributed by atoms with E-state index in [-0.39, 0.29) is 23.2 Å². The summed E-state index contributed by atoms with van der Waals surface area (Å²) in [5, 5.41) is 7.71. The third-order valence-corrected chi connectivity index (χ3v) is 4.64. The first-order valence-corrected chi connectivity index (χ1v) is 9.07. The van der Waals surface area contributed by atoms with Crippen LogP contribution in [0.3, 0.4) is 0 Å². The number of aryl methyl sites for hydroxylation is 1. The first kappa shape index (κ1) is 17.9. The minimum atomic E-state index is -1.09. The molecule has 1 heterocycles. The van der Waals surface area contributed by atoms with Gasteiger partial charge >= 0.3 is 5.97 Å². The summed E-state index contributed by atoms with van der Waals surface area (Å²) >= 11 is 0. The molecule has 7 nitrogen and oxygen atoms in total. The van der Waals surface area contributed by atoms with Crippen LogP contribution in [0.2, 0.25) is 0 Å². The number of carbonyl (C=O) groups excluding carboxylic acids is 2. The van der Waals surface area contributed by atoms with Gasteiger partial charge in [0.2, 0.25) is 6.10 Å². The van der Waals surface area contributed by atoms with E-state index in [1.807, 2.05) is 6.07 Å². The molecule has 0 unspecified atom stereocenters. The number of rotatable bonds is 5. The fourth-order valence-electron chi connectivity index (χ4n) is 3.02. The first-order valence-electron chi connectivity index (χ1n) is 9.07. The molecule has 142 valence electrons. The second kappa shape index (κ2) is 7.26. The fraction of sp³-hybridized carbons (Fsp3) is 0.238. The maximum absolute atomic E-state index is 12.9. The summed E-state index contributed by atoms with van der Waals surface area (Å²) in [7, 11) is 1.47. The average molecular weight is 377 g/mol. The second-order valence-corrected chi connectivity index (χ2v) is 6.80. The number of ether oxygens (including phenoxy) is 1. The third kappa shape index (κ3) is 3.51. The standard InChI is InChI=1S/C21H19N3O4/c1-24-20(26)16-10-6-5-9-15(16)17(23-24)21(27)28-18(13-7-3-2-4-8-13)19(25)22-14-11-12-14/h2-10,14,18H,11-12H2,1H3,(H,22,25)/t18-/m0/s1. The Bertz CT molecular complexity index is 1100. The van der Waals surface area contributed by atoms with E-state index >= 15 is 0 Å². The molecule has 0 radical (unpaired) electrons. The van der Waals surface area contributed by atoms with E-state index in [2.05, 4.69) is 10.4 Å². The summed E-state index contributed by atoms with van der Waals surface area (Å²) in [4.78, 5) is 37.9. The van der Waals surface area contributed by atoms with Crippen molar-refractivity contribution in [2.45, 2.75) is 25.0 Å². The maximum atomic E-state index is 12.9. The van der Waals surface area contributed by atoms with Crippen LogP contribution in [0.1, 0.15) is 35.0 Å². The molecule has 0 bridgehead atoms. The van der Waals surface area contributed by atoms with Crippen molar-refractivity contribution in [3.8, 4) is 0 Å². The average Bonchev–Trinajstić information content (AvgIpc) is 3.53. The van der Waals surface area contributed by atoms with E-state index in [4.69, 9.17) is 4.74 Å². The molecule has 4 rings (SSSR count). The number of fused-ring (bicyclic) bond motifs is 1. The van der Waals surface area contributed by atoms with Gasteiger partial charge in [0.25, 0.3) is 11.5 Å². The number of esters is 1. The zero-order valence-electron chi connectivity index (χ0n) is 15.3. The lowest BCUT2D eigenvalue weighted by Crippen LogP contribution is -2.34. The summed E-state index contributed by atoms with van der Waals surface area (Å²) in [6.07, 6.45) is 0.759. The summed E-state index contributed by atoms with van der Waals surface area (Å²) in [5.41, 5.74) is 0.263. The predicted octanol–water partition coefficient (Wildman–Crippen LogP) is 2.11. The molecular formula is C21H19N3O4. The van der Waals surface area contributed by atoms with E-state index in [0.717, 1.165) is 17.5 Å². The summed E-state index contributed by atoms with van der Waals surface area (Å²) in [6.45, 7) is 0. The van der Waals surface area contributed by atoms with Gasteiger partial charge in [-0.1, -0.05) is 48.5 Å². The SMILES string of the molecule is Cn1nc(C(=O)O[C@H](C(=O)NC2CC2)c2ccccc2)c2ccccc2c1=O. The van der Waals surface area contributed by atoms with Crippen molar-refractivity contribution in [1.29, 1.82) is 0 Å². The maximum Gasteiger partial charge on any atom is 0.360 e. The van der Waals surface area contributed by atoms with Gasteiger partial charge in [0.1, 0.15) is 0 Å². The van der Waals surface area contributed by atoms with Gasteiger partial charge in [-0.15, -0.1) is 0 Å². The van der Waals surface area contributed by atoms with Gasteiger partial charge in [-0.3, -0.25) is 9.59 Å². The number of carbonyl (C=O) groups is 2. The van der Waals surface area contributed by atoms with Crippen molar-refractivity contribution in [1.82, 2.24) is 15.1 Å². The number of aromatic nitrogens is 2. The van der Waals surface area contributed by atoms with Crippen molar-refractivity contribution < 1.29 is 14.3 Å². The van der Waals surface area contributed by atoms with E-state index in [1.165, 1.54) is 7.05 Å². The molecule has 1 aliphatic rings. The topological polar surface area (TPSA) is 90.3 Å². The Morgan fingerprint density at radius 1 is 1.07 bits per heavy atom. The van der Waals surface area contributed by atoms with Crippen LogP contribution in [0.4, 0.5) is 0 Å². The molecule has 0 aliphatic heterocycles. The monoisotopic (exact) mass is 377 g/mol. The molecule has 3 aromatic rings. The molecule has 28 heavy (non-hydrogen) atoms. The number of nitrogens with one attached hydrogen (secondary N) is 1. The highest BCUT2D eigenvalue weighted by atomic mass is 16.5. The van der Waals surface area contributed by atoms with Gasteiger partial charge in [-0.2, -0.15) is 5.10 Å². The molecule has 1 aromatic heterocycles. The second-order valence-electron chi connectivity index (χ2n) is 6.80. The quantitative estimate of drug-likeness (QED) is 0.688. The highest BCUT2D eigenvalue weighted by Crippen LogP contribution is 2.24. The van der Waals surface area contributed by atoms with E-state index in [9.17, 15) is 14.4 Å². The summed E-state index contributed by atoms with van der Waals surface area (Å²) in [6, 6.07) is 15.7. The molecule has 1 aliphatic carbocycles. The Balaban J connectivity index is 1.70. The molecule has 2 aromatic carbocycles. The van der Waals surface area contributed by atoms with Gasteiger partial charge in [-0.05, 0) is 18.9 Å². The molecule has 1 fully saturated rings. The van der Waals surface area contributed by atoms with Gasteiger partial charge in [-0.25, -0.2) is 9.48 Å². The van der Waals surface area contributed by atoms with E-state index < -0.39 is 12.1 Å². The lowest BCUT2D eigenvalue weighted by molar-refractivity contribution is -0.130. The smallest absolute Gasteiger partial charge is 0.360 e. The summed E-state index contributed by atoms with van der Waals surface area (Å²) < 4.78 is 6.69. The molecule has 1 atom stereocenters. The van der Waals surface area contributed by atoms with Crippen molar-refractivity contribution >= 4 is 22.6 Å². The van der Waals surface area contributed by atoms with E-state index in [0.29, 0.717) is 16.3 Å². The van der Waals surface area contributed by atoms with Crippen LogP contribution in [0.15, 0.2) is 59.4 Å². The highest BCUT2D eigenvalue weighted by Gasteiger charge is 2.32. The highest BCUT2D eigenvalue weighted by molar-refractivity contribution is 6.03. The van der Waals surface area contributed by atoms with Crippen LogP contribution >= 0.6 is 0 Å². The van der Waals surface area contributed by atoms with Crippen LogP contribution in [0, 0.1) is 0 Å². The molecule has 1 amide bonds. The predicted molar refractivity (Wildman–Crippen MR) is 103 cm³/mol. The molecule has 7 heteroatoms. The minimum absolute atomic E-state index is 0.00199. The van der Waals surface area contributed by atoms with Gasteiger partial charge in [0.05, 0.1) is 5.39 Å². The third-order valence-electron chi connectivity index (χ3n) is 4.64. The Morgan fingerprint density at radius 2 is 1.71 bits per heavy atom. The first-order chi connectivity index (χ1) is 13.5. The Hall–Kier alpha value is -3.48. The fourth-order valence-corrected chi connectivity index (χ4v) is 3.02. The Kier molecular flexibility index (Phi) is 4.65. The Labute approximate surface area is 160 Å². The zero-order chi connectivity index (χ0) is 19.7. The van der Waals surface area contributed by atoms with Gasteiger partial charge in [0, 0.05) is 24.0 Å². The van der Waals surface area contributed by atoms with Gasteiger partial charge < -0.3 is 10.1 Å². The molecule has 1 saturated carbocycles. The number of nitrogens with zero attached hydrogens (tertiary/aromatic N) is 2. The molecular weight excluding hydrogens is 358 g/mol. The lowest BCUT2D eigenvalue weighted by Gasteiger charge is -2.18. The molecule has 1 N–H and O–H groups in total. The summed E-state index contributed by atoms with van der Waals surface area (Å²) in [5.74, 6) is -1.12. The lowest BCUT2D eigenvalue weighted by atomic mass is 10.1. The Morgan fingerprint density at radius 3 is 2.39 bits per heavy atom. The van der Waals surface area contributed by atoms with Crippen molar-refractivity contribution in [2.75, 3.05) is 0 Å². The van der Waals surface area contributed by atoms with Crippen molar-refractivity contribution in [2.24, 2.45) is 7.05 Å². The normalized spacial score (nSPS) is 14.5. The van der Waals surface area contributed by atoms with Crippen LogP contribution in [0.25, 0.3) is 10.8 Å². The van der Waals surface area contributed by atoms with Crippen molar-refractivity contribution in [3.05, 3.63) is 76.2 Å². The van der Waals surface area contributed by atoms with E-state index in [1.54, 1.807) is 48.5 Å². The minimum Gasteiger partial charge on any atom is -0.442 e. The van der Waals surface area contributed by atoms with Crippen LogP contribution in [-0.2, 0) is 16.6 Å². The van der Waals surface area contributed by atoms with Crippen LogP contribution < -0.4 is 10.9 Å². The zero-order valence-corrected chi connectivity index (χ0v) is 15.3. The molecule has 0 saturated heterocycles. The number of hydrogen-bond acceptors (Lipinski definition) is 5. The van der Waals surface area contributed by atoms with Crippen LogP contribution in [0.5, 0.6) is 0 Å². The van der Waals surface area contributed by atoms with Crippen molar-refractivity contribution in [3.63, 3.8) is 0 Å². The van der Waals surface area contributed by atoms with Gasteiger partial charge in [0.15, 0.2) is 5.69 Å². The number of amides is 1. The number of hydrogen-bond donors (Lipinski definition) is 1. The van der Waals surface area contributed by atoms with Crippen LogP contribution in [-0.4, -0.2) is 27.7 Å². The number of benzene rings is 2. The largest absolute Gasteiger partial charge is 0.442 e. The molecule has 0 spiro atoms.